The Kier molecular flexibility index (Phi) is 2.30. The second-order valence-electron chi connectivity index (χ2n) is 6.32. The first-order valence-electron chi connectivity index (χ1n) is 6.43. The van der Waals surface area contributed by atoms with Gasteiger partial charge in [0, 0.05) is 15.5 Å². The predicted molar refractivity (Wildman–Crippen MR) is 75.0 cm³/mol. The van der Waals surface area contributed by atoms with Crippen molar-refractivity contribution in [3.8, 4) is 5.75 Å². The summed E-state index contributed by atoms with van der Waals surface area (Å²) in [6.45, 7) is 8.55. The predicted octanol–water partition coefficient (Wildman–Crippen LogP) is 4.06. The highest BCUT2D eigenvalue weighted by molar-refractivity contribution is 9.10. The van der Waals surface area contributed by atoms with E-state index in [0.717, 1.165) is 28.4 Å². The fraction of sp³-hybridized carbons (Fsp3) is 0.600. The number of rotatable bonds is 1. The van der Waals surface area contributed by atoms with E-state index in [-0.39, 0.29) is 16.6 Å². The Hall–Kier alpha value is -0.540. The van der Waals surface area contributed by atoms with Crippen LogP contribution < -0.4 is 0 Å². The fourth-order valence-electron chi connectivity index (χ4n) is 3.64. The van der Waals surface area contributed by atoms with E-state index >= 15 is 0 Å². The summed E-state index contributed by atoms with van der Waals surface area (Å²) in [5.41, 5.74) is 1.80. The van der Waals surface area contributed by atoms with Crippen LogP contribution in [-0.2, 0) is 10.2 Å². The van der Waals surface area contributed by atoms with Gasteiger partial charge in [0.25, 0.3) is 0 Å². The molecule has 1 aliphatic carbocycles. The van der Waals surface area contributed by atoms with Crippen LogP contribution >= 0.6 is 15.9 Å². The summed E-state index contributed by atoms with van der Waals surface area (Å²) in [5.74, 6) is 0.388. The van der Waals surface area contributed by atoms with Crippen molar-refractivity contribution >= 4 is 15.9 Å². The number of hydrogen-bond donors (Lipinski definition) is 1. The van der Waals surface area contributed by atoms with E-state index in [4.69, 9.17) is 4.74 Å². The maximum atomic E-state index is 10.3. The molecule has 3 heteroatoms. The summed E-state index contributed by atoms with van der Waals surface area (Å²) in [4.78, 5) is 0. The smallest absolute Gasteiger partial charge is 0.119 e. The Labute approximate surface area is 116 Å². The lowest BCUT2D eigenvalue weighted by Gasteiger charge is -2.32. The van der Waals surface area contributed by atoms with E-state index < -0.39 is 0 Å². The topological polar surface area (TPSA) is 32.8 Å². The maximum Gasteiger partial charge on any atom is 0.119 e. The quantitative estimate of drug-likeness (QED) is 0.793. The minimum atomic E-state index is -0.147. The lowest BCUT2D eigenvalue weighted by Crippen LogP contribution is -2.36. The molecule has 0 radical (unpaired) electrons. The summed E-state index contributed by atoms with van der Waals surface area (Å²) in [6, 6.07) is 3.90. The van der Waals surface area contributed by atoms with Gasteiger partial charge in [0.2, 0.25) is 0 Å². The number of phenols is 1. The monoisotopic (exact) mass is 310 g/mol. The van der Waals surface area contributed by atoms with E-state index in [1.165, 1.54) is 0 Å². The third kappa shape index (κ3) is 1.27. The molecule has 2 nitrogen and oxygen atoms in total. The summed E-state index contributed by atoms with van der Waals surface area (Å²) < 4.78 is 7.05. The number of ether oxygens (including phenoxy) is 1. The van der Waals surface area contributed by atoms with Crippen molar-refractivity contribution < 1.29 is 9.84 Å². The summed E-state index contributed by atoms with van der Waals surface area (Å²) >= 11 is 3.56. The van der Waals surface area contributed by atoms with E-state index in [2.05, 4.69) is 42.8 Å². The van der Waals surface area contributed by atoms with Gasteiger partial charge in [-0.1, -0.05) is 22.9 Å². The number of hydrogen-bond acceptors (Lipinski definition) is 2. The molecule has 0 unspecified atom stereocenters. The van der Waals surface area contributed by atoms with Gasteiger partial charge in [0.1, 0.15) is 11.4 Å². The molecule has 0 amide bonds. The van der Waals surface area contributed by atoms with Gasteiger partial charge in [-0.25, -0.2) is 0 Å². The van der Waals surface area contributed by atoms with Gasteiger partial charge in [-0.15, -0.1) is 0 Å². The van der Waals surface area contributed by atoms with E-state index in [0.29, 0.717) is 5.75 Å². The molecule has 0 spiro atoms. The molecule has 18 heavy (non-hydrogen) atoms. The standard InChI is InChI=1S/C15H19BrO2/c1-9-7-12(17)10(8-11(9)16)13(2)5-6-14(3)15(13,4)18-14/h7-8,17H,5-6H2,1-4H3/t13-,14-,15+/m0/s1. The van der Waals surface area contributed by atoms with Gasteiger partial charge in [-0.3, -0.25) is 0 Å². The third-order valence-electron chi connectivity index (χ3n) is 5.42. The largest absolute Gasteiger partial charge is 0.508 e. The average Bonchev–Trinajstić information content (AvgIpc) is 2.79. The van der Waals surface area contributed by atoms with Crippen molar-refractivity contribution in [2.45, 2.75) is 57.2 Å². The van der Waals surface area contributed by atoms with Crippen molar-refractivity contribution in [1.29, 1.82) is 0 Å². The van der Waals surface area contributed by atoms with Crippen molar-refractivity contribution in [3.63, 3.8) is 0 Å². The zero-order valence-electron chi connectivity index (χ0n) is 11.3. The number of aromatic hydroxyl groups is 1. The zero-order valence-corrected chi connectivity index (χ0v) is 12.9. The van der Waals surface area contributed by atoms with E-state index in [1.807, 2.05) is 13.0 Å². The first kappa shape index (κ1) is 12.5. The molecule has 98 valence electrons. The number of epoxide rings is 1. The SMILES string of the molecule is Cc1cc(O)c([C@]2(C)CC[C@]3(C)O[C@]23C)cc1Br. The van der Waals surface area contributed by atoms with Crippen LogP contribution in [-0.4, -0.2) is 16.3 Å². The Morgan fingerprint density at radius 3 is 2.39 bits per heavy atom. The molecule has 1 heterocycles. The highest BCUT2D eigenvalue weighted by atomic mass is 79.9. The summed E-state index contributed by atoms with van der Waals surface area (Å²) in [7, 11) is 0. The molecule has 1 saturated carbocycles. The normalized spacial score (nSPS) is 41.8. The maximum absolute atomic E-state index is 10.3. The first-order chi connectivity index (χ1) is 8.23. The van der Waals surface area contributed by atoms with Gasteiger partial charge < -0.3 is 9.84 Å². The Morgan fingerprint density at radius 2 is 1.89 bits per heavy atom. The molecule has 1 aliphatic heterocycles. The number of fused-ring (bicyclic) bond motifs is 1. The third-order valence-corrected chi connectivity index (χ3v) is 6.28. The van der Waals surface area contributed by atoms with Crippen LogP contribution in [0, 0.1) is 6.92 Å². The van der Waals surface area contributed by atoms with Gasteiger partial charge in [-0.05, 0) is 51.3 Å². The molecular weight excluding hydrogens is 292 g/mol. The van der Waals surface area contributed by atoms with E-state index in [9.17, 15) is 5.11 Å². The number of halogens is 1. The van der Waals surface area contributed by atoms with Crippen LogP contribution in [0.5, 0.6) is 5.75 Å². The molecule has 3 atom stereocenters. The lowest BCUT2D eigenvalue weighted by molar-refractivity contribution is 0.161. The summed E-state index contributed by atoms with van der Waals surface area (Å²) in [6.07, 6.45) is 2.12. The van der Waals surface area contributed by atoms with E-state index in [1.54, 1.807) is 0 Å². The molecule has 2 fully saturated rings. The van der Waals surface area contributed by atoms with Crippen LogP contribution in [0.4, 0.5) is 0 Å². The van der Waals surface area contributed by atoms with Crippen LogP contribution in [0.3, 0.4) is 0 Å². The highest BCUT2D eigenvalue weighted by Crippen LogP contribution is 2.69. The molecule has 1 aromatic rings. The molecule has 0 bridgehead atoms. The van der Waals surface area contributed by atoms with Gasteiger partial charge >= 0.3 is 0 Å². The molecule has 1 aromatic carbocycles. The second kappa shape index (κ2) is 3.31. The van der Waals surface area contributed by atoms with Gasteiger partial charge in [-0.2, -0.15) is 0 Å². The molecule has 1 saturated heterocycles. The average molecular weight is 311 g/mol. The number of phenolic OH excluding ortho intramolecular Hbond substituents is 1. The van der Waals surface area contributed by atoms with Crippen LogP contribution in [0.15, 0.2) is 16.6 Å². The molecule has 3 rings (SSSR count). The van der Waals surface area contributed by atoms with Gasteiger partial charge in [0.15, 0.2) is 0 Å². The summed E-state index contributed by atoms with van der Waals surface area (Å²) in [5, 5.41) is 10.3. The minimum Gasteiger partial charge on any atom is -0.508 e. The number of aryl methyl sites for hydroxylation is 1. The van der Waals surface area contributed by atoms with Crippen molar-refractivity contribution in [2.24, 2.45) is 0 Å². The molecule has 2 aliphatic rings. The molecular formula is C15H19BrO2. The number of benzene rings is 1. The van der Waals surface area contributed by atoms with Crippen molar-refractivity contribution in [2.75, 3.05) is 0 Å². The second-order valence-corrected chi connectivity index (χ2v) is 7.17. The molecule has 1 N–H and O–H groups in total. The Bertz CT molecular complexity index is 538. The Balaban J connectivity index is 2.14. The first-order valence-corrected chi connectivity index (χ1v) is 7.23. The molecule has 0 aromatic heterocycles. The minimum absolute atomic E-state index is 0.00838. The van der Waals surface area contributed by atoms with Crippen LogP contribution in [0.1, 0.15) is 44.7 Å². The van der Waals surface area contributed by atoms with Crippen molar-refractivity contribution in [3.05, 3.63) is 27.7 Å². The van der Waals surface area contributed by atoms with Crippen molar-refractivity contribution in [1.82, 2.24) is 0 Å². The zero-order chi connectivity index (χ0) is 13.3. The van der Waals surface area contributed by atoms with Gasteiger partial charge in [0.05, 0.1) is 5.60 Å². The van der Waals surface area contributed by atoms with Crippen LogP contribution in [0.25, 0.3) is 0 Å². The lowest BCUT2D eigenvalue weighted by atomic mass is 9.72. The Morgan fingerprint density at radius 1 is 1.22 bits per heavy atom. The highest BCUT2D eigenvalue weighted by Gasteiger charge is 2.76. The van der Waals surface area contributed by atoms with Crippen LogP contribution in [0.2, 0.25) is 0 Å². The fourth-order valence-corrected chi connectivity index (χ4v) is 3.98.